The molecule has 68 valence electrons. The first-order chi connectivity index (χ1) is 5.63. The highest BCUT2D eigenvalue weighted by atomic mass is 16.3. The molecule has 0 aromatic carbocycles. The molecule has 2 nitrogen and oxygen atoms in total. The highest BCUT2D eigenvalue weighted by molar-refractivity contribution is 5.89. The van der Waals surface area contributed by atoms with E-state index in [0.29, 0.717) is 11.8 Å². The van der Waals surface area contributed by atoms with Crippen molar-refractivity contribution >= 4 is 5.78 Å². The van der Waals surface area contributed by atoms with Crippen LogP contribution in [0.1, 0.15) is 26.7 Å². The van der Waals surface area contributed by atoms with Crippen LogP contribution in [0.25, 0.3) is 0 Å². The molecule has 0 aliphatic heterocycles. The lowest BCUT2D eigenvalue weighted by Gasteiger charge is -2.19. The molecule has 0 amide bonds. The average Bonchev–Trinajstić information content (AvgIpc) is 2.51. The molecule has 0 spiro atoms. The van der Waals surface area contributed by atoms with Gasteiger partial charge in [-0.15, -0.1) is 0 Å². The third-order valence-corrected chi connectivity index (χ3v) is 3.60. The van der Waals surface area contributed by atoms with Crippen LogP contribution in [0.4, 0.5) is 0 Å². The van der Waals surface area contributed by atoms with Crippen LogP contribution in [0.15, 0.2) is 0 Å². The van der Waals surface area contributed by atoms with Crippen molar-refractivity contribution in [3.63, 3.8) is 0 Å². The minimum absolute atomic E-state index is 0.116. The number of aliphatic hydroxyl groups excluding tert-OH is 1. The molecular formula is C10H16O2. The normalized spacial score (nSPS) is 46.2. The molecule has 2 heteroatoms. The summed E-state index contributed by atoms with van der Waals surface area (Å²) < 4.78 is 0. The Bertz CT molecular complexity index is 210. The fourth-order valence-corrected chi connectivity index (χ4v) is 3.14. The van der Waals surface area contributed by atoms with Crippen LogP contribution in [0.3, 0.4) is 0 Å². The maximum Gasteiger partial charge on any atom is 0.164 e. The molecule has 0 saturated heterocycles. The van der Waals surface area contributed by atoms with Gasteiger partial charge in [-0.3, -0.25) is 4.79 Å². The molecule has 12 heavy (non-hydrogen) atoms. The molecule has 2 bridgehead atoms. The molecule has 0 radical (unpaired) electrons. The monoisotopic (exact) mass is 168 g/mol. The lowest BCUT2D eigenvalue weighted by molar-refractivity contribution is -0.130. The third-order valence-electron chi connectivity index (χ3n) is 3.60. The van der Waals surface area contributed by atoms with Crippen molar-refractivity contribution in [3.8, 4) is 0 Å². The Balaban J connectivity index is 2.24. The number of aliphatic hydroxyl groups is 1. The largest absolute Gasteiger partial charge is 0.385 e. The highest BCUT2D eigenvalue weighted by Crippen LogP contribution is 2.50. The number of fused-ring (bicyclic) bond motifs is 2. The fourth-order valence-electron chi connectivity index (χ4n) is 3.14. The summed E-state index contributed by atoms with van der Waals surface area (Å²) in [5.74, 6) is 1.59. The van der Waals surface area contributed by atoms with Crippen molar-refractivity contribution < 1.29 is 9.90 Å². The standard InChI is InChI=1S/C10H16O2/c1-5(2)8-6-3-4-7(8)10(12)9(6)11/h5-9,11H,3-4H2,1-2H3/t6-,7+,8?,9-/m0/s1. The van der Waals surface area contributed by atoms with E-state index in [4.69, 9.17) is 0 Å². The van der Waals surface area contributed by atoms with Gasteiger partial charge in [-0.05, 0) is 30.6 Å². The molecular weight excluding hydrogens is 152 g/mol. The zero-order chi connectivity index (χ0) is 8.88. The number of carbonyl (C=O) groups excluding carboxylic acids is 1. The predicted octanol–water partition coefficient (Wildman–Crippen LogP) is 1.23. The van der Waals surface area contributed by atoms with Gasteiger partial charge in [0.1, 0.15) is 6.10 Å². The van der Waals surface area contributed by atoms with E-state index in [1.165, 1.54) is 0 Å². The Hall–Kier alpha value is -0.370. The van der Waals surface area contributed by atoms with Gasteiger partial charge in [0.2, 0.25) is 0 Å². The highest BCUT2D eigenvalue weighted by Gasteiger charge is 2.54. The molecule has 0 heterocycles. The number of ketones is 1. The molecule has 0 aromatic rings. The summed E-state index contributed by atoms with van der Waals surface area (Å²) in [6.45, 7) is 4.31. The first kappa shape index (κ1) is 8.24. The topological polar surface area (TPSA) is 37.3 Å². The van der Waals surface area contributed by atoms with Gasteiger partial charge in [0, 0.05) is 5.92 Å². The summed E-state index contributed by atoms with van der Waals surface area (Å²) in [7, 11) is 0. The molecule has 2 rings (SSSR count). The summed E-state index contributed by atoms with van der Waals surface area (Å²) in [5.41, 5.74) is 0. The van der Waals surface area contributed by atoms with Gasteiger partial charge in [0.15, 0.2) is 5.78 Å². The fraction of sp³-hybridized carbons (Fsp3) is 0.900. The van der Waals surface area contributed by atoms with Crippen LogP contribution in [0, 0.1) is 23.7 Å². The first-order valence-corrected chi connectivity index (χ1v) is 4.84. The van der Waals surface area contributed by atoms with Crippen LogP contribution in [0.2, 0.25) is 0 Å². The van der Waals surface area contributed by atoms with E-state index in [0.717, 1.165) is 12.8 Å². The lowest BCUT2D eigenvalue weighted by atomic mass is 9.86. The second-order valence-electron chi connectivity index (χ2n) is 4.52. The SMILES string of the molecule is CC(C)C1[C@H]2CC[C@@H]1[C@H](O)C2=O. The second-order valence-corrected chi connectivity index (χ2v) is 4.52. The quantitative estimate of drug-likeness (QED) is 0.639. The van der Waals surface area contributed by atoms with Crippen molar-refractivity contribution in [2.75, 3.05) is 0 Å². The van der Waals surface area contributed by atoms with Crippen molar-refractivity contribution in [3.05, 3.63) is 0 Å². The van der Waals surface area contributed by atoms with Crippen molar-refractivity contribution in [2.45, 2.75) is 32.8 Å². The average molecular weight is 168 g/mol. The van der Waals surface area contributed by atoms with E-state index < -0.39 is 6.10 Å². The molecule has 2 aliphatic carbocycles. The van der Waals surface area contributed by atoms with E-state index in [-0.39, 0.29) is 17.6 Å². The minimum atomic E-state index is -0.629. The van der Waals surface area contributed by atoms with Crippen LogP contribution >= 0.6 is 0 Å². The number of Topliss-reactive ketones (excluding diaryl/α,β-unsaturated/α-hetero) is 1. The number of carbonyl (C=O) groups is 1. The second kappa shape index (κ2) is 2.56. The van der Waals surface area contributed by atoms with E-state index in [9.17, 15) is 9.90 Å². The Labute approximate surface area is 73.0 Å². The van der Waals surface area contributed by atoms with Gasteiger partial charge in [-0.1, -0.05) is 13.8 Å². The molecule has 1 unspecified atom stereocenters. The third kappa shape index (κ3) is 0.875. The summed E-state index contributed by atoms with van der Waals surface area (Å²) in [5, 5.41) is 9.56. The first-order valence-electron chi connectivity index (χ1n) is 4.84. The maximum atomic E-state index is 11.4. The van der Waals surface area contributed by atoms with Gasteiger partial charge in [0.25, 0.3) is 0 Å². The minimum Gasteiger partial charge on any atom is -0.385 e. The van der Waals surface area contributed by atoms with Gasteiger partial charge in [-0.25, -0.2) is 0 Å². The molecule has 2 fully saturated rings. The van der Waals surface area contributed by atoms with Gasteiger partial charge in [-0.2, -0.15) is 0 Å². The van der Waals surface area contributed by atoms with Crippen molar-refractivity contribution in [2.24, 2.45) is 23.7 Å². The van der Waals surface area contributed by atoms with Crippen molar-refractivity contribution in [1.82, 2.24) is 0 Å². The van der Waals surface area contributed by atoms with Gasteiger partial charge < -0.3 is 5.11 Å². The van der Waals surface area contributed by atoms with E-state index in [1.807, 2.05) is 0 Å². The predicted molar refractivity (Wildman–Crippen MR) is 45.6 cm³/mol. The molecule has 2 aliphatic rings. The zero-order valence-corrected chi connectivity index (χ0v) is 7.66. The van der Waals surface area contributed by atoms with E-state index in [2.05, 4.69) is 13.8 Å². The van der Waals surface area contributed by atoms with Crippen LogP contribution in [0.5, 0.6) is 0 Å². The molecule has 1 N–H and O–H groups in total. The summed E-state index contributed by atoms with van der Waals surface area (Å²) in [6, 6.07) is 0. The summed E-state index contributed by atoms with van der Waals surface area (Å²) in [4.78, 5) is 11.4. The van der Waals surface area contributed by atoms with Crippen LogP contribution in [-0.2, 0) is 4.79 Å². The lowest BCUT2D eigenvalue weighted by Crippen LogP contribution is -2.26. The molecule has 2 saturated carbocycles. The Morgan fingerprint density at radius 3 is 2.42 bits per heavy atom. The molecule has 4 atom stereocenters. The number of hydrogen-bond acceptors (Lipinski definition) is 2. The number of hydrogen-bond donors (Lipinski definition) is 1. The smallest absolute Gasteiger partial charge is 0.164 e. The summed E-state index contributed by atoms with van der Waals surface area (Å²) >= 11 is 0. The maximum absolute atomic E-state index is 11.4. The Morgan fingerprint density at radius 1 is 1.42 bits per heavy atom. The zero-order valence-electron chi connectivity index (χ0n) is 7.66. The summed E-state index contributed by atoms with van der Waals surface area (Å²) in [6.07, 6.45) is 1.44. The van der Waals surface area contributed by atoms with E-state index in [1.54, 1.807) is 0 Å². The number of rotatable bonds is 1. The Morgan fingerprint density at radius 2 is 2.08 bits per heavy atom. The van der Waals surface area contributed by atoms with Gasteiger partial charge in [0.05, 0.1) is 0 Å². The van der Waals surface area contributed by atoms with Crippen LogP contribution in [-0.4, -0.2) is 17.0 Å². The van der Waals surface area contributed by atoms with Crippen molar-refractivity contribution in [1.29, 1.82) is 0 Å². The Kier molecular flexibility index (Phi) is 1.76. The molecule has 0 aromatic heterocycles. The van der Waals surface area contributed by atoms with Gasteiger partial charge >= 0.3 is 0 Å². The van der Waals surface area contributed by atoms with Crippen LogP contribution < -0.4 is 0 Å². The van der Waals surface area contributed by atoms with E-state index >= 15 is 0 Å².